The first-order chi connectivity index (χ1) is 5.20. The van der Waals surface area contributed by atoms with Gasteiger partial charge in [0, 0.05) is 5.69 Å². The maximum atomic E-state index is 8.12. The van der Waals surface area contributed by atoms with Crippen LogP contribution in [0.3, 0.4) is 0 Å². The quantitative estimate of drug-likeness (QED) is 0.562. The predicted octanol–water partition coefficient (Wildman–Crippen LogP) is 0.994. The summed E-state index contributed by atoms with van der Waals surface area (Å²) in [6.07, 6.45) is 0.250. The van der Waals surface area contributed by atoms with Gasteiger partial charge in [-0.2, -0.15) is 9.59 Å². The molecular formula is C8H9NO2. The molecule has 1 aromatic carbocycles. The zero-order chi connectivity index (χ0) is 8.69. The van der Waals surface area contributed by atoms with Gasteiger partial charge in [0.05, 0.1) is 0 Å². The van der Waals surface area contributed by atoms with E-state index >= 15 is 0 Å². The summed E-state index contributed by atoms with van der Waals surface area (Å²) in [4.78, 5) is 16.2. The van der Waals surface area contributed by atoms with Crippen molar-refractivity contribution in [3.63, 3.8) is 0 Å². The van der Waals surface area contributed by atoms with Crippen LogP contribution in [0.1, 0.15) is 5.56 Å². The Morgan fingerprint density at radius 2 is 1.55 bits per heavy atom. The molecule has 0 fully saturated rings. The second-order valence-electron chi connectivity index (χ2n) is 1.99. The monoisotopic (exact) mass is 151 g/mol. The second kappa shape index (κ2) is 5.21. The first kappa shape index (κ1) is 9.40. The lowest BCUT2D eigenvalue weighted by molar-refractivity contribution is -0.191. The highest BCUT2D eigenvalue weighted by Gasteiger charge is 1.80. The van der Waals surface area contributed by atoms with E-state index in [0.29, 0.717) is 0 Å². The van der Waals surface area contributed by atoms with Gasteiger partial charge in [-0.15, -0.1) is 0 Å². The molecule has 0 heterocycles. The van der Waals surface area contributed by atoms with E-state index < -0.39 is 0 Å². The summed E-state index contributed by atoms with van der Waals surface area (Å²) in [6, 6.07) is 7.79. The van der Waals surface area contributed by atoms with Crippen molar-refractivity contribution in [3.8, 4) is 0 Å². The number of nitrogens with two attached hydrogens (primary N) is 1. The summed E-state index contributed by atoms with van der Waals surface area (Å²) in [6.45, 7) is 2.04. The molecule has 0 aliphatic heterocycles. The van der Waals surface area contributed by atoms with Crippen LogP contribution >= 0.6 is 0 Å². The van der Waals surface area contributed by atoms with E-state index in [1.54, 1.807) is 0 Å². The van der Waals surface area contributed by atoms with E-state index in [0.717, 1.165) is 5.69 Å². The number of carbonyl (C=O) groups excluding carboxylic acids is 2. The maximum Gasteiger partial charge on any atom is 0.373 e. The van der Waals surface area contributed by atoms with Crippen molar-refractivity contribution in [3.05, 3.63) is 29.8 Å². The third-order valence-electron chi connectivity index (χ3n) is 1.08. The molecule has 2 N–H and O–H groups in total. The normalized spacial score (nSPS) is 7.36. The zero-order valence-electron chi connectivity index (χ0n) is 6.20. The summed E-state index contributed by atoms with van der Waals surface area (Å²) in [5, 5.41) is 0. The van der Waals surface area contributed by atoms with Gasteiger partial charge in [-0.25, -0.2) is 0 Å². The molecule has 0 saturated heterocycles. The molecule has 0 radical (unpaired) electrons. The van der Waals surface area contributed by atoms with Gasteiger partial charge in [0.2, 0.25) is 0 Å². The number of rotatable bonds is 0. The first-order valence-electron chi connectivity index (χ1n) is 3.02. The molecule has 3 nitrogen and oxygen atoms in total. The van der Waals surface area contributed by atoms with E-state index in [1.165, 1.54) is 5.56 Å². The van der Waals surface area contributed by atoms with Gasteiger partial charge in [-0.1, -0.05) is 17.7 Å². The van der Waals surface area contributed by atoms with Crippen molar-refractivity contribution < 1.29 is 9.59 Å². The highest BCUT2D eigenvalue weighted by Crippen LogP contribution is 2.02. The molecule has 0 spiro atoms. The average Bonchev–Trinajstić information content (AvgIpc) is 1.97. The van der Waals surface area contributed by atoms with Crippen LogP contribution in [0.2, 0.25) is 0 Å². The Labute approximate surface area is 64.8 Å². The summed E-state index contributed by atoms with van der Waals surface area (Å²) in [5.41, 5.74) is 7.51. The van der Waals surface area contributed by atoms with E-state index in [9.17, 15) is 0 Å². The number of benzene rings is 1. The first-order valence-corrected chi connectivity index (χ1v) is 3.02. The zero-order valence-corrected chi connectivity index (χ0v) is 6.20. The number of hydrogen-bond donors (Lipinski definition) is 1. The van der Waals surface area contributed by atoms with Crippen LogP contribution in [-0.4, -0.2) is 6.15 Å². The van der Waals surface area contributed by atoms with Gasteiger partial charge >= 0.3 is 6.15 Å². The standard InChI is InChI=1S/C7H9N.CO2/c1-6-2-4-7(8)5-3-6;2-1-3/h2-5H,8H2,1H3;. The minimum atomic E-state index is 0.250. The number of aryl methyl sites for hydroxylation is 1. The summed E-state index contributed by atoms with van der Waals surface area (Å²) < 4.78 is 0. The third kappa shape index (κ3) is 4.88. The number of anilines is 1. The van der Waals surface area contributed by atoms with Gasteiger partial charge in [0.15, 0.2) is 0 Å². The summed E-state index contributed by atoms with van der Waals surface area (Å²) in [7, 11) is 0. The summed E-state index contributed by atoms with van der Waals surface area (Å²) >= 11 is 0. The molecule has 0 aliphatic carbocycles. The van der Waals surface area contributed by atoms with Crippen LogP contribution in [0.25, 0.3) is 0 Å². The molecule has 0 amide bonds. The molecule has 0 aromatic heterocycles. The lowest BCUT2D eigenvalue weighted by atomic mass is 10.2. The van der Waals surface area contributed by atoms with Gasteiger partial charge in [-0.05, 0) is 19.1 Å². The topological polar surface area (TPSA) is 60.2 Å². The minimum absolute atomic E-state index is 0.250. The molecule has 0 aliphatic rings. The Morgan fingerprint density at radius 1 is 1.18 bits per heavy atom. The van der Waals surface area contributed by atoms with Gasteiger partial charge in [-0.3, -0.25) is 0 Å². The highest BCUT2D eigenvalue weighted by atomic mass is 16.2. The highest BCUT2D eigenvalue weighted by molar-refractivity contribution is 5.38. The Balaban J connectivity index is 0.000000292. The fourth-order valence-corrected chi connectivity index (χ4v) is 0.566. The van der Waals surface area contributed by atoms with Crippen LogP contribution in [0, 0.1) is 6.92 Å². The molecule has 11 heavy (non-hydrogen) atoms. The largest absolute Gasteiger partial charge is 0.399 e. The Hall–Kier alpha value is -1.60. The van der Waals surface area contributed by atoms with E-state index in [-0.39, 0.29) is 6.15 Å². The van der Waals surface area contributed by atoms with Crippen molar-refractivity contribution in [1.29, 1.82) is 0 Å². The molecular weight excluding hydrogens is 142 g/mol. The molecule has 1 aromatic rings. The SMILES string of the molecule is Cc1ccc(N)cc1.O=C=O. The van der Waals surface area contributed by atoms with Crippen LogP contribution < -0.4 is 5.73 Å². The lowest BCUT2D eigenvalue weighted by Gasteiger charge is -1.90. The molecule has 0 saturated carbocycles. The third-order valence-corrected chi connectivity index (χ3v) is 1.08. The van der Waals surface area contributed by atoms with Gasteiger partial charge in [0.1, 0.15) is 0 Å². The van der Waals surface area contributed by atoms with Crippen LogP contribution in [0.15, 0.2) is 24.3 Å². The van der Waals surface area contributed by atoms with E-state index in [1.807, 2.05) is 31.2 Å². The Morgan fingerprint density at radius 3 is 1.82 bits per heavy atom. The fourth-order valence-electron chi connectivity index (χ4n) is 0.566. The molecule has 0 unspecified atom stereocenters. The van der Waals surface area contributed by atoms with Crippen LogP contribution in [0.5, 0.6) is 0 Å². The van der Waals surface area contributed by atoms with Crippen LogP contribution in [-0.2, 0) is 9.59 Å². The smallest absolute Gasteiger partial charge is 0.373 e. The summed E-state index contributed by atoms with van der Waals surface area (Å²) in [5.74, 6) is 0. The second-order valence-corrected chi connectivity index (χ2v) is 1.99. The van der Waals surface area contributed by atoms with Crippen molar-refractivity contribution in [2.45, 2.75) is 6.92 Å². The van der Waals surface area contributed by atoms with Crippen LogP contribution in [0.4, 0.5) is 5.69 Å². The Kier molecular flexibility index (Phi) is 4.45. The lowest BCUT2D eigenvalue weighted by Crippen LogP contribution is -1.81. The average molecular weight is 151 g/mol. The number of nitrogen functional groups attached to an aromatic ring is 1. The molecule has 1 rings (SSSR count). The van der Waals surface area contributed by atoms with E-state index in [4.69, 9.17) is 15.3 Å². The minimum Gasteiger partial charge on any atom is -0.399 e. The Bertz CT molecular complexity index is 214. The molecule has 3 heteroatoms. The fraction of sp³-hybridized carbons (Fsp3) is 0.125. The van der Waals surface area contributed by atoms with Crippen molar-refractivity contribution in [2.75, 3.05) is 5.73 Å². The molecule has 0 atom stereocenters. The van der Waals surface area contributed by atoms with E-state index in [2.05, 4.69) is 0 Å². The molecule has 58 valence electrons. The van der Waals surface area contributed by atoms with Gasteiger partial charge < -0.3 is 5.73 Å². The van der Waals surface area contributed by atoms with Crippen molar-refractivity contribution in [2.24, 2.45) is 0 Å². The predicted molar refractivity (Wildman–Crippen MR) is 40.6 cm³/mol. The molecule has 0 bridgehead atoms. The number of hydrogen-bond acceptors (Lipinski definition) is 3. The van der Waals surface area contributed by atoms with Gasteiger partial charge in [0.25, 0.3) is 0 Å². The maximum absolute atomic E-state index is 8.12. The van der Waals surface area contributed by atoms with Crippen molar-refractivity contribution in [1.82, 2.24) is 0 Å². The van der Waals surface area contributed by atoms with Crippen molar-refractivity contribution >= 4 is 11.8 Å².